The van der Waals surface area contributed by atoms with Crippen molar-refractivity contribution >= 4 is 5.71 Å². The lowest BCUT2D eigenvalue weighted by Crippen LogP contribution is -2.73. The fraction of sp³-hybridized carbons (Fsp3) is 0.500. The number of hydrogen-bond donors (Lipinski definition) is 1. The monoisotopic (exact) mass is 243 g/mol. The quantitative estimate of drug-likeness (QED) is 0.590. The molecule has 0 amide bonds. The highest BCUT2D eigenvalue weighted by Crippen LogP contribution is 2.42. The largest absolute Gasteiger partial charge is 0.411 e. The summed E-state index contributed by atoms with van der Waals surface area (Å²) < 4.78 is 0. The molecule has 4 heterocycles. The molecule has 5 rings (SSSR count). The highest BCUT2D eigenvalue weighted by Gasteiger charge is 2.55. The minimum absolute atomic E-state index is 0.0879. The van der Waals surface area contributed by atoms with Gasteiger partial charge in [-0.1, -0.05) is 35.5 Å². The molecule has 0 spiro atoms. The van der Waals surface area contributed by atoms with Gasteiger partial charge in [0.15, 0.2) is 0 Å². The lowest BCUT2D eigenvalue weighted by atomic mass is 9.65. The van der Waals surface area contributed by atoms with Crippen LogP contribution in [0.5, 0.6) is 0 Å². The zero-order valence-corrected chi connectivity index (χ0v) is 10.3. The third-order valence-electron chi connectivity index (χ3n) is 4.66. The van der Waals surface area contributed by atoms with Crippen LogP contribution in [0, 0.1) is 5.92 Å². The molecule has 0 radical (unpaired) electrons. The Morgan fingerprint density at radius 2 is 1.78 bits per heavy atom. The third kappa shape index (κ3) is 1.25. The number of piperidine rings is 2. The molecular weight excluding hydrogens is 226 g/mol. The van der Waals surface area contributed by atoms with Crippen molar-refractivity contribution in [2.75, 3.05) is 32.8 Å². The molecular formula is C14H17N3O. The molecule has 4 bridgehead atoms. The lowest BCUT2D eigenvalue weighted by molar-refractivity contribution is -0.0250. The first-order valence-corrected chi connectivity index (χ1v) is 6.54. The molecule has 4 fully saturated rings. The minimum Gasteiger partial charge on any atom is -0.411 e. The van der Waals surface area contributed by atoms with Crippen molar-refractivity contribution < 1.29 is 5.21 Å². The fourth-order valence-electron chi connectivity index (χ4n) is 4.11. The van der Waals surface area contributed by atoms with Gasteiger partial charge in [-0.15, -0.1) is 0 Å². The zero-order chi connectivity index (χ0) is 12.2. The Morgan fingerprint density at radius 3 is 2.39 bits per heavy atom. The maximum Gasteiger partial charge on any atom is 0.0758 e. The van der Waals surface area contributed by atoms with Crippen LogP contribution in [0.3, 0.4) is 0 Å². The van der Waals surface area contributed by atoms with Crippen LogP contribution in [-0.2, 0) is 5.41 Å². The average Bonchev–Trinajstić information content (AvgIpc) is 2.39. The Morgan fingerprint density at radius 1 is 1.11 bits per heavy atom. The first-order valence-electron chi connectivity index (χ1n) is 6.54. The number of hydrogen-bond acceptors (Lipinski definition) is 4. The van der Waals surface area contributed by atoms with Crippen LogP contribution in [0.2, 0.25) is 0 Å². The molecule has 4 saturated heterocycles. The van der Waals surface area contributed by atoms with Crippen molar-refractivity contribution in [1.29, 1.82) is 0 Å². The van der Waals surface area contributed by atoms with Gasteiger partial charge < -0.3 is 5.21 Å². The summed E-state index contributed by atoms with van der Waals surface area (Å²) in [5.74, 6) is 0.395. The Kier molecular flexibility index (Phi) is 2.08. The molecule has 2 atom stereocenters. The molecule has 94 valence electrons. The maximum atomic E-state index is 9.48. The van der Waals surface area contributed by atoms with Crippen LogP contribution in [0.1, 0.15) is 5.56 Å². The van der Waals surface area contributed by atoms with Gasteiger partial charge in [0, 0.05) is 32.1 Å². The highest BCUT2D eigenvalue weighted by molar-refractivity contribution is 5.99. The summed E-state index contributed by atoms with van der Waals surface area (Å²) in [5.41, 5.74) is 2.20. The van der Waals surface area contributed by atoms with E-state index in [2.05, 4.69) is 39.2 Å². The molecule has 1 aromatic carbocycles. The Balaban J connectivity index is 1.87. The first kappa shape index (κ1) is 10.5. The van der Waals surface area contributed by atoms with E-state index in [1.165, 1.54) is 5.56 Å². The predicted molar refractivity (Wildman–Crippen MR) is 68.8 cm³/mol. The van der Waals surface area contributed by atoms with E-state index < -0.39 is 0 Å². The van der Waals surface area contributed by atoms with Crippen LogP contribution >= 0.6 is 0 Å². The van der Waals surface area contributed by atoms with Gasteiger partial charge in [0.05, 0.1) is 17.8 Å². The molecule has 0 saturated carbocycles. The molecule has 4 nitrogen and oxygen atoms in total. The van der Waals surface area contributed by atoms with Gasteiger partial charge in [-0.25, -0.2) is 0 Å². The van der Waals surface area contributed by atoms with E-state index in [-0.39, 0.29) is 5.41 Å². The Hall–Kier alpha value is -1.39. The van der Waals surface area contributed by atoms with Gasteiger partial charge in [0.2, 0.25) is 0 Å². The van der Waals surface area contributed by atoms with Crippen molar-refractivity contribution in [2.45, 2.75) is 5.41 Å². The van der Waals surface area contributed by atoms with E-state index >= 15 is 0 Å². The molecule has 4 aliphatic heterocycles. The predicted octanol–water partition coefficient (Wildman–Crippen LogP) is 0.973. The number of benzene rings is 1. The van der Waals surface area contributed by atoms with E-state index in [0.717, 1.165) is 38.6 Å². The number of nitrogens with zero attached hydrogens (tertiary/aromatic N) is 3. The van der Waals surface area contributed by atoms with E-state index in [0.29, 0.717) is 5.92 Å². The zero-order valence-electron chi connectivity index (χ0n) is 10.3. The van der Waals surface area contributed by atoms with Crippen molar-refractivity contribution in [3.8, 4) is 0 Å². The van der Waals surface area contributed by atoms with Crippen LogP contribution in [0.15, 0.2) is 35.5 Å². The molecule has 2 unspecified atom stereocenters. The SMILES string of the molecule is ON=C1C2CN3CN(C2)CC1(c1ccccc1)C3. The van der Waals surface area contributed by atoms with Gasteiger partial charge in [0.25, 0.3) is 0 Å². The van der Waals surface area contributed by atoms with Crippen molar-refractivity contribution in [2.24, 2.45) is 11.1 Å². The molecule has 4 aliphatic rings. The number of oxime groups is 1. The van der Waals surface area contributed by atoms with Gasteiger partial charge in [-0.05, 0) is 5.56 Å². The van der Waals surface area contributed by atoms with Crippen LogP contribution < -0.4 is 0 Å². The Bertz CT molecular complexity index is 485. The summed E-state index contributed by atoms with van der Waals surface area (Å²) in [5, 5.41) is 13.2. The number of rotatable bonds is 1. The van der Waals surface area contributed by atoms with Crippen molar-refractivity contribution in [1.82, 2.24) is 9.80 Å². The van der Waals surface area contributed by atoms with E-state index in [1.54, 1.807) is 0 Å². The molecule has 1 N–H and O–H groups in total. The van der Waals surface area contributed by atoms with E-state index in [1.807, 2.05) is 6.07 Å². The van der Waals surface area contributed by atoms with Gasteiger partial charge >= 0.3 is 0 Å². The van der Waals surface area contributed by atoms with Crippen LogP contribution in [-0.4, -0.2) is 53.6 Å². The first-order chi connectivity index (χ1) is 8.82. The summed E-state index contributed by atoms with van der Waals surface area (Å²) in [6, 6.07) is 10.5. The standard InChI is InChI=1S/C14H17N3O/c18-15-13-11-6-16-8-14(13,9-17(7-11)10-16)12-4-2-1-3-5-12/h1-5,11,18H,6-10H2. The summed E-state index contributed by atoms with van der Waals surface area (Å²) in [6.07, 6.45) is 0. The smallest absolute Gasteiger partial charge is 0.0758 e. The topological polar surface area (TPSA) is 39.1 Å². The lowest BCUT2D eigenvalue weighted by Gasteiger charge is -2.59. The molecule has 0 aromatic heterocycles. The summed E-state index contributed by atoms with van der Waals surface area (Å²) in [4.78, 5) is 4.97. The van der Waals surface area contributed by atoms with Crippen molar-refractivity contribution in [3.63, 3.8) is 0 Å². The van der Waals surface area contributed by atoms with Gasteiger partial charge in [-0.3, -0.25) is 9.80 Å². The minimum atomic E-state index is -0.0879. The summed E-state index contributed by atoms with van der Waals surface area (Å²) in [7, 11) is 0. The third-order valence-corrected chi connectivity index (χ3v) is 4.66. The maximum absolute atomic E-state index is 9.48. The van der Waals surface area contributed by atoms with Gasteiger partial charge in [-0.2, -0.15) is 0 Å². The summed E-state index contributed by atoms with van der Waals surface area (Å²) in [6.45, 7) is 5.14. The van der Waals surface area contributed by atoms with Crippen LogP contribution in [0.25, 0.3) is 0 Å². The molecule has 0 aliphatic carbocycles. The van der Waals surface area contributed by atoms with Crippen LogP contribution in [0.4, 0.5) is 0 Å². The summed E-state index contributed by atoms with van der Waals surface area (Å²) >= 11 is 0. The molecule has 4 heteroatoms. The highest BCUT2D eigenvalue weighted by atomic mass is 16.4. The average molecular weight is 243 g/mol. The molecule has 18 heavy (non-hydrogen) atoms. The second-order valence-electron chi connectivity index (χ2n) is 5.79. The van der Waals surface area contributed by atoms with Gasteiger partial charge in [0.1, 0.15) is 0 Å². The normalized spacial score (nSPS) is 43.6. The van der Waals surface area contributed by atoms with E-state index in [4.69, 9.17) is 0 Å². The second-order valence-corrected chi connectivity index (χ2v) is 5.79. The van der Waals surface area contributed by atoms with Crippen molar-refractivity contribution in [3.05, 3.63) is 35.9 Å². The molecule has 1 aromatic rings. The Labute approximate surface area is 106 Å². The fourth-order valence-corrected chi connectivity index (χ4v) is 4.11. The second kappa shape index (κ2) is 3.56. The van der Waals surface area contributed by atoms with E-state index in [9.17, 15) is 5.21 Å².